The number of rotatable bonds is 3. The topological polar surface area (TPSA) is 37.4 Å². The van der Waals surface area contributed by atoms with Crippen LogP contribution in [0.1, 0.15) is 11.1 Å². The Hall–Kier alpha value is -2.37. The van der Waals surface area contributed by atoms with Crippen LogP contribution in [0, 0.1) is 0 Å². The zero-order valence-corrected chi connectivity index (χ0v) is 16.1. The van der Waals surface area contributed by atoms with Gasteiger partial charge >= 0.3 is 0 Å². The minimum absolute atomic E-state index is 0.232. The SMILES string of the molecule is O=C1S/C(=C\c2cccc3ccccc23)C(=O)N1Cc1ccc(Br)cc1. The first-order valence-electron chi connectivity index (χ1n) is 8.09. The van der Waals surface area contributed by atoms with Gasteiger partial charge in [0.2, 0.25) is 0 Å². The highest BCUT2D eigenvalue weighted by Crippen LogP contribution is 2.34. The summed E-state index contributed by atoms with van der Waals surface area (Å²) in [7, 11) is 0. The van der Waals surface area contributed by atoms with Crippen LogP contribution < -0.4 is 0 Å². The average Bonchev–Trinajstić information content (AvgIpc) is 2.91. The van der Waals surface area contributed by atoms with E-state index in [2.05, 4.69) is 15.9 Å². The molecular formula is C21H14BrNO2S. The van der Waals surface area contributed by atoms with Crippen molar-refractivity contribution in [3.8, 4) is 0 Å². The number of carbonyl (C=O) groups excluding carboxylic acids is 2. The molecule has 1 saturated heterocycles. The fourth-order valence-corrected chi connectivity index (χ4v) is 4.02. The number of fused-ring (bicyclic) bond motifs is 1. The van der Waals surface area contributed by atoms with Gasteiger partial charge in [-0.1, -0.05) is 70.5 Å². The van der Waals surface area contributed by atoms with Gasteiger partial charge in [0, 0.05) is 4.47 Å². The lowest BCUT2D eigenvalue weighted by Gasteiger charge is -2.12. The highest BCUT2D eigenvalue weighted by Gasteiger charge is 2.35. The summed E-state index contributed by atoms with van der Waals surface area (Å²) in [6.07, 6.45) is 1.81. The molecule has 3 nitrogen and oxygen atoms in total. The average molecular weight is 424 g/mol. The van der Waals surface area contributed by atoms with E-state index in [4.69, 9.17) is 0 Å². The van der Waals surface area contributed by atoms with E-state index < -0.39 is 0 Å². The van der Waals surface area contributed by atoms with Gasteiger partial charge in [-0.3, -0.25) is 14.5 Å². The van der Waals surface area contributed by atoms with E-state index in [1.807, 2.05) is 72.8 Å². The van der Waals surface area contributed by atoms with Crippen molar-refractivity contribution >= 4 is 55.7 Å². The third kappa shape index (κ3) is 3.32. The molecule has 0 aromatic heterocycles. The van der Waals surface area contributed by atoms with Gasteiger partial charge in [0.1, 0.15) is 0 Å². The summed E-state index contributed by atoms with van der Waals surface area (Å²) in [5.74, 6) is -0.240. The summed E-state index contributed by atoms with van der Waals surface area (Å²) in [4.78, 5) is 26.8. The molecular weight excluding hydrogens is 410 g/mol. The summed E-state index contributed by atoms with van der Waals surface area (Å²) in [5, 5.41) is 1.94. The lowest BCUT2D eigenvalue weighted by molar-refractivity contribution is -0.123. The lowest BCUT2D eigenvalue weighted by Crippen LogP contribution is -2.27. The summed E-state index contributed by atoms with van der Waals surface area (Å²) < 4.78 is 0.964. The van der Waals surface area contributed by atoms with Gasteiger partial charge in [-0.25, -0.2) is 0 Å². The first-order valence-corrected chi connectivity index (χ1v) is 9.70. The van der Waals surface area contributed by atoms with Gasteiger partial charge in [-0.15, -0.1) is 0 Å². The molecule has 0 atom stereocenters. The van der Waals surface area contributed by atoms with Crippen LogP contribution in [-0.4, -0.2) is 16.0 Å². The van der Waals surface area contributed by atoms with Gasteiger partial charge in [-0.2, -0.15) is 0 Å². The molecule has 0 radical (unpaired) electrons. The summed E-state index contributed by atoms with van der Waals surface area (Å²) in [6, 6.07) is 21.6. The zero-order chi connectivity index (χ0) is 18.1. The molecule has 2 amide bonds. The molecule has 5 heteroatoms. The van der Waals surface area contributed by atoms with E-state index >= 15 is 0 Å². The maximum atomic E-state index is 12.7. The fourth-order valence-electron chi connectivity index (χ4n) is 2.93. The smallest absolute Gasteiger partial charge is 0.268 e. The summed E-state index contributed by atoms with van der Waals surface area (Å²) in [5.41, 5.74) is 1.86. The van der Waals surface area contributed by atoms with E-state index in [1.165, 1.54) is 4.90 Å². The van der Waals surface area contributed by atoms with Crippen LogP contribution in [0.4, 0.5) is 4.79 Å². The quantitative estimate of drug-likeness (QED) is 0.496. The Balaban J connectivity index is 1.64. The lowest BCUT2D eigenvalue weighted by atomic mass is 10.0. The number of benzene rings is 3. The molecule has 1 aliphatic heterocycles. The summed E-state index contributed by atoms with van der Waals surface area (Å²) in [6.45, 7) is 0.283. The van der Waals surface area contributed by atoms with Crippen molar-refractivity contribution < 1.29 is 9.59 Å². The second-order valence-corrected chi connectivity index (χ2v) is 7.87. The fraction of sp³-hybridized carbons (Fsp3) is 0.0476. The van der Waals surface area contributed by atoms with Crippen LogP contribution >= 0.6 is 27.7 Å². The predicted molar refractivity (Wildman–Crippen MR) is 110 cm³/mol. The molecule has 128 valence electrons. The van der Waals surface area contributed by atoms with Crippen molar-refractivity contribution in [3.05, 3.63) is 87.2 Å². The Morgan fingerprint density at radius 1 is 0.923 bits per heavy atom. The third-order valence-electron chi connectivity index (χ3n) is 4.24. The number of hydrogen-bond donors (Lipinski definition) is 0. The van der Waals surface area contributed by atoms with Crippen LogP contribution in [-0.2, 0) is 11.3 Å². The highest BCUT2D eigenvalue weighted by atomic mass is 79.9. The molecule has 26 heavy (non-hydrogen) atoms. The molecule has 0 aliphatic carbocycles. The second kappa shape index (κ2) is 7.09. The Bertz CT molecular complexity index is 1040. The minimum Gasteiger partial charge on any atom is -0.268 e. The molecule has 1 heterocycles. The molecule has 0 unspecified atom stereocenters. The Morgan fingerprint density at radius 3 is 2.46 bits per heavy atom. The largest absolute Gasteiger partial charge is 0.293 e. The molecule has 0 N–H and O–H groups in total. The molecule has 3 aromatic rings. The van der Waals surface area contributed by atoms with Gasteiger partial charge in [0.05, 0.1) is 11.4 Å². The Labute approximate surface area is 163 Å². The molecule has 0 bridgehead atoms. The van der Waals surface area contributed by atoms with Gasteiger partial charge in [0.25, 0.3) is 11.1 Å². The van der Waals surface area contributed by atoms with Crippen LogP contribution in [0.2, 0.25) is 0 Å². The maximum Gasteiger partial charge on any atom is 0.293 e. The van der Waals surface area contributed by atoms with E-state index in [-0.39, 0.29) is 17.7 Å². The predicted octanol–water partition coefficient (Wildman–Crippen LogP) is 5.84. The monoisotopic (exact) mass is 423 g/mol. The van der Waals surface area contributed by atoms with Crippen LogP contribution in [0.25, 0.3) is 16.8 Å². The van der Waals surface area contributed by atoms with Gasteiger partial charge in [0.15, 0.2) is 0 Å². The van der Waals surface area contributed by atoms with E-state index in [1.54, 1.807) is 0 Å². The van der Waals surface area contributed by atoms with E-state index in [0.717, 1.165) is 38.1 Å². The van der Waals surface area contributed by atoms with Crippen molar-refractivity contribution in [1.82, 2.24) is 4.90 Å². The van der Waals surface area contributed by atoms with E-state index in [9.17, 15) is 9.59 Å². The molecule has 3 aromatic carbocycles. The molecule has 1 fully saturated rings. The minimum atomic E-state index is -0.240. The van der Waals surface area contributed by atoms with Crippen molar-refractivity contribution in [2.75, 3.05) is 0 Å². The zero-order valence-electron chi connectivity index (χ0n) is 13.7. The van der Waals surface area contributed by atoms with Crippen molar-refractivity contribution in [3.63, 3.8) is 0 Å². The van der Waals surface area contributed by atoms with Gasteiger partial charge in [-0.05, 0) is 51.9 Å². The second-order valence-electron chi connectivity index (χ2n) is 5.96. The van der Waals surface area contributed by atoms with Gasteiger partial charge < -0.3 is 0 Å². The number of thioether (sulfide) groups is 1. The number of halogens is 1. The molecule has 0 saturated carbocycles. The molecule has 0 spiro atoms. The first-order chi connectivity index (χ1) is 12.6. The van der Waals surface area contributed by atoms with Crippen molar-refractivity contribution in [2.24, 2.45) is 0 Å². The Morgan fingerprint density at radius 2 is 1.65 bits per heavy atom. The van der Waals surface area contributed by atoms with Crippen molar-refractivity contribution in [2.45, 2.75) is 6.54 Å². The Kier molecular flexibility index (Phi) is 4.66. The first kappa shape index (κ1) is 17.1. The van der Waals surface area contributed by atoms with Crippen molar-refractivity contribution in [1.29, 1.82) is 0 Å². The number of nitrogens with zero attached hydrogens (tertiary/aromatic N) is 1. The number of carbonyl (C=O) groups is 2. The highest BCUT2D eigenvalue weighted by molar-refractivity contribution is 9.10. The molecule has 4 rings (SSSR count). The normalized spacial score (nSPS) is 16.0. The standard InChI is InChI=1S/C21H14BrNO2S/c22-17-10-8-14(9-11-17)13-23-20(24)19(26-21(23)25)12-16-6-3-5-15-4-1-2-7-18(15)16/h1-12H,13H2/b19-12-. The van der Waals surface area contributed by atoms with Crippen LogP contribution in [0.3, 0.4) is 0 Å². The molecule has 1 aliphatic rings. The van der Waals surface area contributed by atoms with E-state index in [0.29, 0.717) is 4.91 Å². The summed E-state index contributed by atoms with van der Waals surface area (Å²) >= 11 is 4.38. The third-order valence-corrected chi connectivity index (χ3v) is 5.67. The number of hydrogen-bond acceptors (Lipinski definition) is 3. The maximum absolute atomic E-state index is 12.7. The number of imide groups is 1. The number of amides is 2. The van der Waals surface area contributed by atoms with Crippen LogP contribution in [0.5, 0.6) is 0 Å². The van der Waals surface area contributed by atoms with Crippen LogP contribution in [0.15, 0.2) is 76.1 Å².